The summed E-state index contributed by atoms with van der Waals surface area (Å²) in [4.78, 5) is 11.5. The lowest BCUT2D eigenvalue weighted by Crippen LogP contribution is -2.36. The van der Waals surface area contributed by atoms with Crippen LogP contribution in [0, 0.1) is 0 Å². The Kier molecular flexibility index (Phi) is 3.88. The SMILES string of the molecule is CCc1noc([C@H](C)N2CCC[C@@H](c3noc(C4CC4)n3)C2)n1. The summed E-state index contributed by atoms with van der Waals surface area (Å²) in [6.07, 6.45) is 5.40. The molecular weight excluding hydrogens is 294 g/mol. The number of hydrogen-bond donors (Lipinski definition) is 0. The van der Waals surface area contributed by atoms with Gasteiger partial charge in [-0.25, -0.2) is 0 Å². The van der Waals surface area contributed by atoms with Gasteiger partial charge in [0.1, 0.15) is 0 Å². The first-order valence-electron chi connectivity index (χ1n) is 8.64. The van der Waals surface area contributed by atoms with E-state index in [1.165, 1.54) is 12.8 Å². The fraction of sp³-hybridized carbons (Fsp3) is 0.750. The summed E-state index contributed by atoms with van der Waals surface area (Å²) in [7, 11) is 0. The molecule has 0 spiro atoms. The molecule has 0 aromatic carbocycles. The zero-order valence-electron chi connectivity index (χ0n) is 13.7. The predicted octanol–water partition coefficient (Wildman–Crippen LogP) is 2.83. The third kappa shape index (κ3) is 3.02. The molecule has 1 saturated heterocycles. The average Bonchev–Trinajstić information content (AvgIpc) is 3.14. The van der Waals surface area contributed by atoms with Gasteiger partial charge in [0.25, 0.3) is 0 Å². The van der Waals surface area contributed by atoms with Gasteiger partial charge in [0.15, 0.2) is 11.6 Å². The Labute approximate surface area is 135 Å². The number of likely N-dealkylation sites (tertiary alicyclic amines) is 1. The highest BCUT2D eigenvalue weighted by Gasteiger charge is 2.33. The fourth-order valence-electron chi connectivity index (χ4n) is 3.22. The van der Waals surface area contributed by atoms with Crippen LogP contribution in [0.25, 0.3) is 0 Å². The van der Waals surface area contributed by atoms with Gasteiger partial charge < -0.3 is 9.05 Å². The highest BCUT2D eigenvalue weighted by Crippen LogP contribution is 2.40. The van der Waals surface area contributed by atoms with Crippen molar-refractivity contribution in [2.75, 3.05) is 13.1 Å². The molecule has 0 N–H and O–H groups in total. The molecule has 1 saturated carbocycles. The normalized spacial score (nSPS) is 24.0. The minimum Gasteiger partial charge on any atom is -0.339 e. The third-order valence-corrected chi connectivity index (χ3v) is 4.91. The van der Waals surface area contributed by atoms with Crippen LogP contribution < -0.4 is 0 Å². The molecule has 0 unspecified atom stereocenters. The number of rotatable bonds is 5. The van der Waals surface area contributed by atoms with E-state index < -0.39 is 0 Å². The summed E-state index contributed by atoms with van der Waals surface area (Å²) in [6, 6.07) is 0.125. The van der Waals surface area contributed by atoms with Crippen molar-refractivity contribution in [2.24, 2.45) is 0 Å². The Hall–Kier alpha value is -1.76. The van der Waals surface area contributed by atoms with Gasteiger partial charge in [0.2, 0.25) is 11.8 Å². The highest BCUT2D eigenvalue weighted by atomic mass is 16.5. The summed E-state index contributed by atoms with van der Waals surface area (Å²) >= 11 is 0. The van der Waals surface area contributed by atoms with Crippen molar-refractivity contribution in [3.63, 3.8) is 0 Å². The maximum absolute atomic E-state index is 5.42. The van der Waals surface area contributed by atoms with E-state index in [2.05, 4.69) is 32.1 Å². The van der Waals surface area contributed by atoms with Crippen LogP contribution in [0.2, 0.25) is 0 Å². The molecule has 124 valence electrons. The smallest absolute Gasteiger partial charge is 0.243 e. The second-order valence-electron chi connectivity index (χ2n) is 6.68. The molecule has 2 fully saturated rings. The Morgan fingerprint density at radius 1 is 1.13 bits per heavy atom. The first kappa shape index (κ1) is 14.8. The van der Waals surface area contributed by atoms with Gasteiger partial charge in [-0.1, -0.05) is 17.2 Å². The molecule has 2 aromatic rings. The van der Waals surface area contributed by atoms with E-state index in [0.29, 0.717) is 17.7 Å². The number of aromatic nitrogens is 4. The van der Waals surface area contributed by atoms with Gasteiger partial charge >= 0.3 is 0 Å². The largest absolute Gasteiger partial charge is 0.339 e. The van der Waals surface area contributed by atoms with Gasteiger partial charge in [-0.2, -0.15) is 9.97 Å². The minimum absolute atomic E-state index is 0.125. The van der Waals surface area contributed by atoms with Gasteiger partial charge in [-0.05, 0) is 39.2 Å². The van der Waals surface area contributed by atoms with E-state index in [4.69, 9.17) is 9.05 Å². The van der Waals surface area contributed by atoms with Crippen LogP contribution in [0.3, 0.4) is 0 Å². The number of nitrogens with zero attached hydrogens (tertiary/aromatic N) is 5. The van der Waals surface area contributed by atoms with Crippen LogP contribution in [0.5, 0.6) is 0 Å². The van der Waals surface area contributed by atoms with Crippen molar-refractivity contribution in [2.45, 2.75) is 63.8 Å². The number of aryl methyl sites for hydroxylation is 1. The van der Waals surface area contributed by atoms with Crippen LogP contribution in [-0.4, -0.2) is 38.3 Å². The van der Waals surface area contributed by atoms with Crippen molar-refractivity contribution in [3.05, 3.63) is 23.4 Å². The second kappa shape index (κ2) is 6.03. The van der Waals surface area contributed by atoms with E-state index >= 15 is 0 Å². The maximum atomic E-state index is 5.42. The van der Waals surface area contributed by atoms with Crippen LogP contribution in [0.1, 0.15) is 80.8 Å². The van der Waals surface area contributed by atoms with Crippen molar-refractivity contribution < 1.29 is 9.05 Å². The molecule has 1 aliphatic heterocycles. The van der Waals surface area contributed by atoms with Gasteiger partial charge in [0, 0.05) is 24.8 Å². The maximum Gasteiger partial charge on any atom is 0.243 e. The van der Waals surface area contributed by atoms with E-state index in [0.717, 1.165) is 49.9 Å². The molecule has 23 heavy (non-hydrogen) atoms. The zero-order chi connectivity index (χ0) is 15.8. The lowest BCUT2D eigenvalue weighted by atomic mass is 9.96. The first-order valence-corrected chi connectivity index (χ1v) is 8.64. The summed E-state index contributed by atoms with van der Waals surface area (Å²) in [5.74, 6) is 4.01. The molecule has 7 nitrogen and oxygen atoms in total. The Morgan fingerprint density at radius 2 is 2.00 bits per heavy atom. The van der Waals surface area contributed by atoms with Gasteiger partial charge in [-0.15, -0.1) is 0 Å². The second-order valence-corrected chi connectivity index (χ2v) is 6.68. The van der Waals surface area contributed by atoms with Crippen molar-refractivity contribution in [1.82, 2.24) is 25.2 Å². The lowest BCUT2D eigenvalue weighted by molar-refractivity contribution is 0.130. The zero-order valence-corrected chi connectivity index (χ0v) is 13.7. The van der Waals surface area contributed by atoms with E-state index in [1.54, 1.807) is 0 Å². The summed E-state index contributed by atoms with van der Waals surface area (Å²) in [5, 5.41) is 8.23. The van der Waals surface area contributed by atoms with E-state index in [1.807, 2.05) is 6.92 Å². The Bertz CT molecular complexity index is 663. The van der Waals surface area contributed by atoms with Crippen LogP contribution >= 0.6 is 0 Å². The molecule has 3 heterocycles. The lowest BCUT2D eigenvalue weighted by Gasteiger charge is -2.34. The summed E-state index contributed by atoms with van der Waals surface area (Å²) in [6.45, 7) is 6.11. The predicted molar refractivity (Wildman–Crippen MR) is 81.9 cm³/mol. The molecular formula is C16H23N5O2. The van der Waals surface area contributed by atoms with Crippen LogP contribution in [0.15, 0.2) is 9.05 Å². The number of hydrogen-bond acceptors (Lipinski definition) is 7. The molecule has 2 aliphatic rings. The fourth-order valence-corrected chi connectivity index (χ4v) is 3.22. The third-order valence-electron chi connectivity index (χ3n) is 4.91. The molecule has 0 bridgehead atoms. The molecule has 0 amide bonds. The molecule has 1 aliphatic carbocycles. The highest BCUT2D eigenvalue weighted by molar-refractivity contribution is 5.06. The van der Waals surface area contributed by atoms with Crippen LogP contribution in [-0.2, 0) is 6.42 Å². The molecule has 2 aromatic heterocycles. The minimum atomic E-state index is 0.125. The van der Waals surface area contributed by atoms with Crippen molar-refractivity contribution >= 4 is 0 Å². The van der Waals surface area contributed by atoms with Crippen molar-refractivity contribution in [3.8, 4) is 0 Å². The van der Waals surface area contributed by atoms with Gasteiger partial charge in [0.05, 0.1) is 6.04 Å². The molecule has 4 rings (SSSR count). The van der Waals surface area contributed by atoms with Gasteiger partial charge in [-0.3, -0.25) is 4.90 Å². The topological polar surface area (TPSA) is 81.1 Å². The number of piperidine rings is 1. The summed E-state index contributed by atoms with van der Waals surface area (Å²) < 4.78 is 10.8. The van der Waals surface area contributed by atoms with E-state index in [-0.39, 0.29) is 6.04 Å². The quantitative estimate of drug-likeness (QED) is 0.838. The van der Waals surface area contributed by atoms with Crippen molar-refractivity contribution in [1.29, 1.82) is 0 Å². The van der Waals surface area contributed by atoms with E-state index in [9.17, 15) is 0 Å². The summed E-state index contributed by atoms with van der Waals surface area (Å²) in [5.41, 5.74) is 0. The molecule has 0 radical (unpaired) electrons. The standard InChI is InChI=1S/C16H23N5O2/c1-3-13-17-15(22-19-13)10(2)21-8-4-5-12(9-21)14-18-16(23-20-14)11-6-7-11/h10-12H,3-9H2,1-2H3/t10-,12+/m0/s1. The molecule has 7 heteroatoms. The average molecular weight is 317 g/mol. The van der Waals surface area contributed by atoms with Crippen LogP contribution in [0.4, 0.5) is 0 Å². The first-order chi connectivity index (χ1) is 11.2. The Morgan fingerprint density at radius 3 is 2.74 bits per heavy atom. The molecule has 2 atom stereocenters. The Balaban J connectivity index is 1.45. The monoisotopic (exact) mass is 317 g/mol.